The van der Waals surface area contributed by atoms with Gasteiger partial charge in [-0.05, 0) is 17.7 Å². The van der Waals surface area contributed by atoms with Gasteiger partial charge in [-0.15, -0.1) is 0 Å². The molecule has 1 fully saturated rings. The summed E-state index contributed by atoms with van der Waals surface area (Å²) in [6.07, 6.45) is -3.27. The number of fused-ring (bicyclic) bond motifs is 1. The van der Waals surface area contributed by atoms with Gasteiger partial charge < -0.3 is 30.5 Å². The predicted molar refractivity (Wildman–Crippen MR) is 100 cm³/mol. The largest absolute Gasteiger partial charge is 0.471 e. The molecule has 3 aromatic rings. The van der Waals surface area contributed by atoms with Gasteiger partial charge in [-0.2, -0.15) is 9.97 Å². The number of rotatable bonds is 6. The molecule has 3 heterocycles. The van der Waals surface area contributed by atoms with Crippen molar-refractivity contribution in [3.63, 3.8) is 0 Å². The number of nitro groups is 1. The monoisotopic (exact) mass is 418 g/mol. The molecule has 0 radical (unpaired) electrons. The van der Waals surface area contributed by atoms with Crippen molar-refractivity contribution in [3.8, 4) is 5.88 Å². The molecule has 0 spiro atoms. The zero-order chi connectivity index (χ0) is 21.4. The van der Waals surface area contributed by atoms with E-state index >= 15 is 0 Å². The lowest BCUT2D eigenvalue weighted by Crippen LogP contribution is -2.33. The molecule has 5 N–H and O–H groups in total. The predicted octanol–water partition coefficient (Wildman–Crippen LogP) is -0.493. The number of benzene rings is 1. The normalized spacial score (nSPS) is 23.7. The number of nitrogens with two attached hydrogens (primary N) is 1. The molecular formula is C17H18N6O7. The molecule has 0 saturated carbocycles. The second kappa shape index (κ2) is 7.79. The van der Waals surface area contributed by atoms with Gasteiger partial charge in [0.1, 0.15) is 24.9 Å². The molecule has 13 nitrogen and oxygen atoms in total. The molecule has 0 unspecified atom stereocenters. The Bertz CT molecular complexity index is 1070. The fourth-order valence-electron chi connectivity index (χ4n) is 3.17. The van der Waals surface area contributed by atoms with Gasteiger partial charge in [-0.1, -0.05) is 0 Å². The highest BCUT2D eigenvalue weighted by molar-refractivity contribution is 5.77. The summed E-state index contributed by atoms with van der Waals surface area (Å²) in [5.41, 5.74) is 6.85. The van der Waals surface area contributed by atoms with Gasteiger partial charge in [-0.3, -0.25) is 14.7 Å². The van der Waals surface area contributed by atoms with Crippen molar-refractivity contribution in [1.82, 2.24) is 19.5 Å². The number of aliphatic hydroxyl groups is 3. The molecular weight excluding hydrogens is 400 g/mol. The van der Waals surface area contributed by atoms with Crippen LogP contribution in [-0.4, -0.2) is 64.7 Å². The van der Waals surface area contributed by atoms with Crippen LogP contribution in [0.25, 0.3) is 11.2 Å². The second-order valence-electron chi connectivity index (χ2n) is 6.65. The summed E-state index contributed by atoms with van der Waals surface area (Å²) in [6.45, 7) is -0.424. The quantitative estimate of drug-likeness (QED) is 0.298. The van der Waals surface area contributed by atoms with Gasteiger partial charge in [0.2, 0.25) is 11.8 Å². The average molecular weight is 418 g/mol. The Labute approximate surface area is 168 Å². The van der Waals surface area contributed by atoms with Crippen LogP contribution in [0, 0.1) is 10.1 Å². The van der Waals surface area contributed by atoms with E-state index in [0.717, 1.165) is 0 Å². The highest BCUT2D eigenvalue weighted by Gasteiger charge is 2.44. The summed E-state index contributed by atoms with van der Waals surface area (Å²) in [4.78, 5) is 22.6. The second-order valence-corrected chi connectivity index (χ2v) is 6.65. The van der Waals surface area contributed by atoms with Crippen molar-refractivity contribution < 1.29 is 29.7 Å². The van der Waals surface area contributed by atoms with E-state index in [1.807, 2.05) is 0 Å². The number of nitro benzene ring substituents is 1. The van der Waals surface area contributed by atoms with Crippen molar-refractivity contribution in [1.29, 1.82) is 0 Å². The van der Waals surface area contributed by atoms with Gasteiger partial charge >= 0.3 is 0 Å². The number of nitrogen functional groups attached to an aromatic ring is 1. The van der Waals surface area contributed by atoms with Gasteiger partial charge in [0.25, 0.3) is 5.69 Å². The standard InChI is InChI=1S/C17H18N6O7/c18-17-20-14-11(19-7-22(14)16-13(26)12(25)10(5-24)30-16)15(21-17)29-6-8-1-3-9(4-2-8)23(27)28/h1-4,7,10,12-13,16,24-26H,5-6H2,(H2,18,20,21)/t10-,12-,13-,16-/m1/s1. The fourth-order valence-corrected chi connectivity index (χ4v) is 3.17. The topological polar surface area (TPSA) is 192 Å². The molecule has 0 aliphatic carbocycles. The van der Waals surface area contributed by atoms with Crippen LogP contribution >= 0.6 is 0 Å². The van der Waals surface area contributed by atoms with E-state index in [-0.39, 0.29) is 35.3 Å². The molecule has 1 saturated heterocycles. The van der Waals surface area contributed by atoms with Crippen molar-refractivity contribution in [2.75, 3.05) is 12.3 Å². The lowest BCUT2D eigenvalue weighted by atomic mass is 10.1. The van der Waals surface area contributed by atoms with Crippen molar-refractivity contribution in [2.45, 2.75) is 31.1 Å². The lowest BCUT2D eigenvalue weighted by molar-refractivity contribution is -0.384. The van der Waals surface area contributed by atoms with Crippen LogP contribution in [0.1, 0.15) is 11.8 Å². The molecule has 30 heavy (non-hydrogen) atoms. The number of nitrogens with zero attached hydrogens (tertiary/aromatic N) is 5. The van der Waals surface area contributed by atoms with Crippen LogP contribution in [-0.2, 0) is 11.3 Å². The molecule has 4 atom stereocenters. The molecule has 4 rings (SSSR count). The summed E-state index contributed by atoms with van der Waals surface area (Å²) < 4.78 is 12.6. The Morgan fingerprint density at radius 1 is 1.23 bits per heavy atom. The summed E-state index contributed by atoms with van der Waals surface area (Å²) in [7, 11) is 0. The number of aliphatic hydroxyl groups excluding tert-OH is 3. The van der Waals surface area contributed by atoms with E-state index in [1.54, 1.807) is 12.1 Å². The van der Waals surface area contributed by atoms with Crippen LogP contribution in [0.5, 0.6) is 5.88 Å². The Kier molecular flexibility index (Phi) is 5.17. The maximum Gasteiger partial charge on any atom is 0.269 e. The van der Waals surface area contributed by atoms with E-state index < -0.39 is 36.1 Å². The smallest absolute Gasteiger partial charge is 0.269 e. The summed E-state index contributed by atoms with van der Waals surface area (Å²) in [5, 5.41) is 40.3. The number of hydrogen-bond acceptors (Lipinski definition) is 11. The van der Waals surface area contributed by atoms with Crippen molar-refractivity contribution in [2.24, 2.45) is 0 Å². The number of imidazole rings is 1. The Balaban J connectivity index is 1.60. The first-order valence-electron chi connectivity index (χ1n) is 8.87. The van der Waals surface area contributed by atoms with Crippen LogP contribution in [0.2, 0.25) is 0 Å². The van der Waals surface area contributed by atoms with Gasteiger partial charge in [0.15, 0.2) is 17.4 Å². The van der Waals surface area contributed by atoms with E-state index in [4.69, 9.17) is 15.2 Å². The first-order chi connectivity index (χ1) is 14.4. The number of non-ortho nitro benzene ring substituents is 1. The van der Waals surface area contributed by atoms with E-state index in [9.17, 15) is 25.4 Å². The highest BCUT2D eigenvalue weighted by Crippen LogP contribution is 2.33. The van der Waals surface area contributed by atoms with Crippen LogP contribution < -0.4 is 10.5 Å². The average Bonchev–Trinajstić information content (AvgIpc) is 3.27. The zero-order valence-electron chi connectivity index (χ0n) is 15.4. The van der Waals surface area contributed by atoms with Crippen LogP contribution in [0.4, 0.5) is 11.6 Å². The fraction of sp³-hybridized carbons (Fsp3) is 0.353. The first-order valence-corrected chi connectivity index (χ1v) is 8.87. The summed E-state index contributed by atoms with van der Waals surface area (Å²) in [6, 6.07) is 5.83. The molecule has 0 bridgehead atoms. The van der Waals surface area contributed by atoms with Gasteiger partial charge in [0, 0.05) is 12.1 Å². The van der Waals surface area contributed by atoms with Gasteiger partial charge in [-0.25, -0.2) is 4.98 Å². The maximum absolute atomic E-state index is 10.7. The lowest BCUT2D eigenvalue weighted by Gasteiger charge is -2.16. The Hall–Kier alpha value is -3.39. The molecule has 1 aliphatic heterocycles. The minimum Gasteiger partial charge on any atom is -0.471 e. The maximum atomic E-state index is 10.7. The summed E-state index contributed by atoms with van der Waals surface area (Å²) in [5.74, 6) is -0.0453. The molecule has 1 aliphatic rings. The molecule has 158 valence electrons. The van der Waals surface area contributed by atoms with Crippen molar-refractivity contribution in [3.05, 3.63) is 46.3 Å². The van der Waals surface area contributed by atoms with E-state index in [1.165, 1.54) is 23.0 Å². The van der Waals surface area contributed by atoms with E-state index in [2.05, 4.69) is 15.0 Å². The SMILES string of the molecule is Nc1nc(OCc2ccc([N+](=O)[O-])cc2)c2ncn([C@@H]3O[C@H](CO)[C@@H](O)[C@H]3O)c2n1. The number of aromatic nitrogens is 4. The van der Waals surface area contributed by atoms with E-state index in [0.29, 0.717) is 5.56 Å². The number of ether oxygens (including phenoxy) is 2. The summed E-state index contributed by atoms with van der Waals surface area (Å²) >= 11 is 0. The highest BCUT2D eigenvalue weighted by atomic mass is 16.6. The first kappa shape index (κ1) is 19.9. The number of anilines is 1. The third kappa shape index (κ3) is 3.50. The molecule has 1 aromatic carbocycles. The minimum atomic E-state index is -1.32. The third-order valence-electron chi connectivity index (χ3n) is 4.72. The molecule has 2 aromatic heterocycles. The van der Waals surface area contributed by atoms with Crippen molar-refractivity contribution >= 4 is 22.8 Å². The van der Waals surface area contributed by atoms with Crippen LogP contribution in [0.3, 0.4) is 0 Å². The van der Waals surface area contributed by atoms with Gasteiger partial charge in [0.05, 0.1) is 17.9 Å². The number of hydrogen-bond donors (Lipinski definition) is 4. The van der Waals surface area contributed by atoms with Crippen LogP contribution in [0.15, 0.2) is 30.6 Å². The third-order valence-corrected chi connectivity index (χ3v) is 4.72. The Morgan fingerprint density at radius 2 is 1.97 bits per heavy atom. The molecule has 13 heteroatoms. The minimum absolute atomic E-state index is 0.0374. The molecule has 0 amide bonds. The Morgan fingerprint density at radius 3 is 2.60 bits per heavy atom. The zero-order valence-corrected chi connectivity index (χ0v) is 15.4.